The van der Waals surface area contributed by atoms with Crippen molar-refractivity contribution in [3.8, 4) is 0 Å². The summed E-state index contributed by atoms with van der Waals surface area (Å²) < 4.78 is 0. The molecular formula is C17H19ClN2OS. The maximum absolute atomic E-state index is 12.2. The van der Waals surface area contributed by atoms with Gasteiger partial charge in [0.1, 0.15) is 0 Å². The first-order chi connectivity index (χ1) is 10.7. The van der Waals surface area contributed by atoms with E-state index in [2.05, 4.69) is 27.0 Å². The smallest absolute Gasteiger partial charge is 0.224 e. The van der Waals surface area contributed by atoms with E-state index in [1.54, 1.807) is 11.3 Å². The van der Waals surface area contributed by atoms with Crippen LogP contribution in [0.5, 0.6) is 0 Å². The van der Waals surface area contributed by atoms with Gasteiger partial charge in [-0.2, -0.15) is 11.3 Å². The molecule has 1 aromatic carbocycles. The molecule has 1 aromatic heterocycles. The molecule has 0 unspecified atom stereocenters. The third kappa shape index (κ3) is 3.69. The van der Waals surface area contributed by atoms with Crippen LogP contribution in [-0.4, -0.2) is 30.4 Å². The Kier molecular flexibility index (Phi) is 5.13. The molecule has 2 heterocycles. The van der Waals surface area contributed by atoms with E-state index in [1.165, 1.54) is 12.0 Å². The van der Waals surface area contributed by atoms with E-state index < -0.39 is 0 Å². The van der Waals surface area contributed by atoms with Gasteiger partial charge in [-0.1, -0.05) is 29.8 Å². The van der Waals surface area contributed by atoms with Crippen molar-refractivity contribution in [1.82, 2.24) is 10.2 Å². The quantitative estimate of drug-likeness (QED) is 0.876. The number of likely N-dealkylation sites (tertiary alicyclic amines) is 1. The lowest BCUT2D eigenvalue weighted by Gasteiger charge is -2.38. The van der Waals surface area contributed by atoms with Crippen molar-refractivity contribution in [2.24, 2.45) is 0 Å². The lowest BCUT2D eigenvalue weighted by atomic mass is 10.0. The van der Waals surface area contributed by atoms with E-state index in [0.29, 0.717) is 18.0 Å². The Morgan fingerprint density at radius 2 is 2.14 bits per heavy atom. The predicted octanol–water partition coefficient (Wildman–Crippen LogP) is 3.51. The fourth-order valence-corrected chi connectivity index (χ4v) is 3.57. The van der Waals surface area contributed by atoms with Gasteiger partial charge in [-0.3, -0.25) is 9.69 Å². The first kappa shape index (κ1) is 15.5. The molecule has 116 valence electrons. The molecule has 3 rings (SSSR count). The van der Waals surface area contributed by atoms with Gasteiger partial charge in [-0.15, -0.1) is 0 Å². The predicted molar refractivity (Wildman–Crippen MR) is 91.4 cm³/mol. The molecule has 0 aliphatic carbocycles. The largest absolute Gasteiger partial charge is 0.354 e. The highest BCUT2D eigenvalue weighted by Gasteiger charge is 2.26. The Labute approximate surface area is 139 Å². The summed E-state index contributed by atoms with van der Waals surface area (Å²) in [5.41, 5.74) is 2.17. The molecule has 5 heteroatoms. The second-order valence-electron chi connectivity index (χ2n) is 5.53. The van der Waals surface area contributed by atoms with Crippen LogP contribution in [0.2, 0.25) is 5.02 Å². The van der Waals surface area contributed by atoms with Crippen LogP contribution in [0.15, 0.2) is 41.1 Å². The maximum Gasteiger partial charge on any atom is 0.224 e. The van der Waals surface area contributed by atoms with Crippen molar-refractivity contribution in [1.29, 1.82) is 0 Å². The standard InChI is InChI=1S/C17H19ClN2OS/c18-15-5-2-1-4-13(15)10-17(21)19-11-16(20-7-3-8-20)14-6-9-22-12-14/h1-2,4-6,9,12,16H,3,7-8,10-11H2,(H,19,21)/t16-/m1/s1. The van der Waals surface area contributed by atoms with Crippen molar-refractivity contribution >= 4 is 28.8 Å². The van der Waals surface area contributed by atoms with Crippen LogP contribution < -0.4 is 5.32 Å². The van der Waals surface area contributed by atoms with E-state index in [9.17, 15) is 4.79 Å². The van der Waals surface area contributed by atoms with E-state index in [1.807, 2.05) is 24.3 Å². The fourth-order valence-electron chi connectivity index (χ4n) is 2.66. The zero-order chi connectivity index (χ0) is 15.4. The van der Waals surface area contributed by atoms with Gasteiger partial charge in [-0.25, -0.2) is 0 Å². The number of rotatable bonds is 6. The Bertz CT molecular complexity index is 625. The lowest BCUT2D eigenvalue weighted by Crippen LogP contribution is -2.45. The number of nitrogens with one attached hydrogen (secondary N) is 1. The summed E-state index contributed by atoms with van der Waals surface area (Å²) in [7, 11) is 0. The van der Waals surface area contributed by atoms with Crippen molar-refractivity contribution in [3.05, 3.63) is 57.2 Å². The molecule has 1 saturated heterocycles. The Morgan fingerprint density at radius 3 is 2.77 bits per heavy atom. The number of hydrogen-bond acceptors (Lipinski definition) is 3. The van der Waals surface area contributed by atoms with Gasteiger partial charge in [0.2, 0.25) is 5.91 Å². The molecule has 1 N–H and O–H groups in total. The number of halogens is 1. The second kappa shape index (κ2) is 7.27. The number of carbonyl (C=O) groups excluding carboxylic acids is 1. The lowest BCUT2D eigenvalue weighted by molar-refractivity contribution is -0.120. The maximum atomic E-state index is 12.2. The van der Waals surface area contributed by atoms with Crippen LogP contribution in [0, 0.1) is 0 Å². The Morgan fingerprint density at radius 1 is 1.32 bits per heavy atom. The Hall–Kier alpha value is -1.36. The summed E-state index contributed by atoms with van der Waals surface area (Å²) in [4.78, 5) is 14.6. The van der Waals surface area contributed by atoms with E-state index >= 15 is 0 Å². The number of hydrogen-bond donors (Lipinski definition) is 1. The van der Waals surface area contributed by atoms with Crippen molar-refractivity contribution in [2.75, 3.05) is 19.6 Å². The summed E-state index contributed by atoms with van der Waals surface area (Å²) in [5.74, 6) is 0.0221. The Balaban J connectivity index is 1.58. The van der Waals surface area contributed by atoms with Gasteiger partial charge in [0, 0.05) is 24.7 Å². The topological polar surface area (TPSA) is 32.3 Å². The highest BCUT2D eigenvalue weighted by molar-refractivity contribution is 7.07. The minimum atomic E-state index is 0.0221. The number of benzene rings is 1. The third-order valence-electron chi connectivity index (χ3n) is 4.06. The van der Waals surface area contributed by atoms with Crippen LogP contribution in [0.25, 0.3) is 0 Å². The van der Waals surface area contributed by atoms with Crippen LogP contribution in [0.4, 0.5) is 0 Å². The number of amides is 1. The summed E-state index contributed by atoms with van der Waals surface area (Å²) in [6, 6.07) is 9.93. The molecule has 2 aromatic rings. The minimum Gasteiger partial charge on any atom is -0.354 e. The van der Waals surface area contributed by atoms with Crippen molar-refractivity contribution < 1.29 is 4.79 Å². The zero-order valence-electron chi connectivity index (χ0n) is 12.3. The van der Waals surface area contributed by atoms with Crippen LogP contribution >= 0.6 is 22.9 Å². The molecule has 3 nitrogen and oxygen atoms in total. The average molecular weight is 335 g/mol. The molecule has 1 aliphatic rings. The molecule has 1 amide bonds. The van der Waals surface area contributed by atoms with Crippen molar-refractivity contribution in [3.63, 3.8) is 0 Å². The SMILES string of the molecule is O=C(Cc1ccccc1Cl)NC[C@H](c1ccsc1)N1CCC1. The monoisotopic (exact) mass is 334 g/mol. The van der Waals surface area contributed by atoms with Crippen LogP contribution in [-0.2, 0) is 11.2 Å². The van der Waals surface area contributed by atoms with Gasteiger partial charge >= 0.3 is 0 Å². The highest BCUT2D eigenvalue weighted by atomic mass is 35.5. The molecule has 0 saturated carbocycles. The molecule has 1 atom stereocenters. The van der Waals surface area contributed by atoms with E-state index in [4.69, 9.17) is 11.6 Å². The first-order valence-corrected chi connectivity index (χ1v) is 8.82. The van der Waals surface area contributed by atoms with Gasteiger partial charge < -0.3 is 5.32 Å². The summed E-state index contributed by atoms with van der Waals surface area (Å²) >= 11 is 7.81. The number of thiophene rings is 1. The third-order valence-corrected chi connectivity index (χ3v) is 5.13. The molecule has 0 bridgehead atoms. The molecule has 1 fully saturated rings. The first-order valence-electron chi connectivity index (χ1n) is 7.50. The van der Waals surface area contributed by atoms with Gasteiger partial charge in [0.05, 0.1) is 12.5 Å². The molecular weight excluding hydrogens is 316 g/mol. The normalized spacial score (nSPS) is 16.0. The van der Waals surface area contributed by atoms with Gasteiger partial charge in [-0.05, 0) is 40.4 Å². The zero-order valence-corrected chi connectivity index (χ0v) is 13.9. The number of nitrogens with zero attached hydrogens (tertiary/aromatic N) is 1. The van der Waals surface area contributed by atoms with Crippen molar-refractivity contribution in [2.45, 2.75) is 18.9 Å². The summed E-state index contributed by atoms with van der Waals surface area (Å²) in [5, 5.41) is 7.97. The van der Waals surface area contributed by atoms with Crippen LogP contribution in [0.3, 0.4) is 0 Å². The highest BCUT2D eigenvalue weighted by Crippen LogP contribution is 2.26. The van der Waals surface area contributed by atoms with Gasteiger partial charge in [0.25, 0.3) is 0 Å². The minimum absolute atomic E-state index is 0.0221. The van der Waals surface area contributed by atoms with Gasteiger partial charge in [0.15, 0.2) is 0 Å². The summed E-state index contributed by atoms with van der Waals surface area (Å²) in [6.45, 7) is 2.88. The second-order valence-corrected chi connectivity index (χ2v) is 6.72. The fraction of sp³-hybridized carbons (Fsp3) is 0.353. The summed E-state index contributed by atoms with van der Waals surface area (Å²) in [6.07, 6.45) is 1.57. The molecule has 0 radical (unpaired) electrons. The molecule has 0 spiro atoms. The van der Waals surface area contributed by atoms with E-state index in [-0.39, 0.29) is 11.9 Å². The van der Waals surface area contributed by atoms with E-state index in [0.717, 1.165) is 18.7 Å². The average Bonchev–Trinajstić information content (AvgIpc) is 2.97. The molecule has 22 heavy (non-hydrogen) atoms. The molecule has 1 aliphatic heterocycles. The number of carbonyl (C=O) groups is 1. The van der Waals surface area contributed by atoms with Crippen LogP contribution in [0.1, 0.15) is 23.6 Å².